The second kappa shape index (κ2) is 64.9. The van der Waals surface area contributed by atoms with Gasteiger partial charge in [-0.2, -0.15) is 0 Å². The number of nitrogens with zero attached hydrogens (tertiary/aromatic N) is 1. The molecule has 0 rings (SSSR count). The third-order valence-electron chi connectivity index (χ3n) is 16.7. The molecule has 0 bridgehead atoms. The average molecular weight is 1190 g/mol. The molecule has 0 aliphatic heterocycles. The summed E-state index contributed by atoms with van der Waals surface area (Å²) in [6.07, 6.45) is 88.3. The Morgan fingerprint density at radius 1 is 0.410 bits per heavy atom. The molecule has 3 atom stereocenters. The first-order valence-electron chi connectivity index (χ1n) is 36.5. The maximum Gasteiger partial charge on any atom is 0.268 e. The summed E-state index contributed by atoms with van der Waals surface area (Å²) in [5.74, 6) is -0.204. The topological polar surface area (TPSA) is 108 Å². The fraction of sp³-hybridized carbons (Fsp3) is 0.878. The molecule has 0 spiro atoms. The van der Waals surface area contributed by atoms with Crippen molar-refractivity contribution in [2.75, 3.05) is 40.9 Å². The Morgan fingerprint density at radius 3 is 0.976 bits per heavy atom. The average Bonchev–Trinajstić information content (AvgIpc) is 3.49. The van der Waals surface area contributed by atoms with E-state index in [-0.39, 0.29) is 12.5 Å². The molecule has 9 heteroatoms. The zero-order chi connectivity index (χ0) is 60.5. The summed E-state index contributed by atoms with van der Waals surface area (Å²) in [5.41, 5.74) is 0. The lowest BCUT2D eigenvalue weighted by Gasteiger charge is -2.29. The highest BCUT2D eigenvalue weighted by Gasteiger charge is 2.23. The molecule has 0 aromatic heterocycles. The molecule has 1 amide bonds. The highest BCUT2D eigenvalue weighted by molar-refractivity contribution is 7.45. The summed E-state index contributed by atoms with van der Waals surface area (Å²) in [6, 6.07) is -0.911. The van der Waals surface area contributed by atoms with Crippen LogP contribution in [0.5, 0.6) is 0 Å². The Bertz CT molecular complexity index is 1490. The number of carbonyl (C=O) groups excluding carboxylic acids is 1. The summed E-state index contributed by atoms with van der Waals surface area (Å²) < 4.78 is 23.4. The molecule has 0 aliphatic carbocycles. The molecular formula is C74H143N2O6P. The van der Waals surface area contributed by atoms with Gasteiger partial charge in [0, 0.05) is 6.42 Å². The number of likely N-dealkylation sites (N-methyl/N-ethyl adjacent to an activating group) is 1. The van der Waals surface area contributed by atoms with Gasteiger partial charge in [-0.25, -0.2) is 0 Å². The molecule has 3 unspecified atom stereocenters. The van der Waals surface area contributed by atoms with Gasteiger partial charge in [0.25, 0.3) is 7.82 Å². The van der Waals surface area contributed by atoms with E-state index in [1.54, 1.807) is 6.08 Å². The lowest BCUT2D eigenvalue weighted by Crippen LogP contribution is -2.45. The van der Waals surface area contributed by atoms with Crippen LogP contribution in [-0.2, 0) is 18.4 Å². The predicted molar refractivity (Wildman–Crippen MR) is 362 cm³/mol. The molecule has 0 saturated heterocycles. The highest BCUT2D eigenvalue weighted by atomic mass is 31.2. The van der Waals surface area contributed by atoms with Gasteiger partial charge in [0.2, 0.25) is 5.91 Å². The molecular weight excluding hydrogens is 1040 g/mol. The normalized spacial score (nSPS) is 13.9. The standard InChI is InChI=1S/C74H143N2O6P/c1-6-8-10-12-14-16-18-20-22-24-26-28-30-32-34-35-36-37-38-39-40-41-42-44-46-48-50-52-54-56-58-60-62-64-66-68-74(78)75-72(71-82-83(79,80)81-70-69-76(3,4)5)73(77)67-65-63-61-59-57-55-53-51-49-47-45-43-33-31-29-27-25-23-21-19-17-15-13-11-9-7-2/h24,26,49,51,57,59,65,67,72-73,77H,6-23,25,27-48,50,52-56,58,60-64,66,68-71H2,1-5H3,(H-,75,78,79,80)/b26-24-,51-49+,59-57+,67-65+. The number of phosphoric acid groups is 1. The van der Waals surface area contributed by atoms with Crippen molar-refractivity contribution in [3.05, 3.63) is 48.6 Å². The summed E-state index contributed by atoms with van der Waals surface area (Å²) >= 11 is 0. The molecule has 0 aliphatic rings. The van der Waals surface area contributed by atoms with Crippen molar-refractivity contribution < 1.29 is 32.9 Å². The summed E-state index contributed by atoms with van der Waals surface area (Å²) in [7, 11) is 1.25. The van der Waals surface area contributed by atoms with Crippen molar-refractivity contribution in [3.8, 4) is 0 Å². The molecule has 0 saturated carbocycles. The molecule has 83 heavy (non-hydrogen) atoms. The number of hydrogen-bond acceptors (Lipinski definition) is 6. The van der Waals surface area contributed by atoms with Gasteiger partial charge in [0.05, 0.1) is 39.9 Å². The monoisotopic (exact) mass is 1190 g/mol. The summed E-state index contributed by atoms with van der Waals surface area (Å²) in [4.78, 5) is 25.6. The Morgan fingerprint density at radius 2 is 0.675 bits per heavy atom. The summed E-state index contributed by atoms with van der Waals surface area (Å²) in [6.45, 7) is 4.67. The van der Waals surface area contributed by atoms with Crippen molar-refractivity contribution >= 4 is 13.7 Å². The smallest absolute Gasteiger partial charge is 0.268 e. The molecule has 8 nitrogen and oxygen atoms in total. The van der Waals surface area contributed by atoms with E-state index in [1.165, 1.54) is 302 Å². The first-order valence-corrected chi connectivity index (χ1v) is 38.0. The van der Waals surface area contributed by atoms with Crippen LogP contribution in [0.15, 0.2) is 48.6 Å². The van der Waals surface area contributed by atoms with Crippen molar-refractivity contribution in [3.63, 3.8) is 0 Å². The number of rotatable bonds is 68. The zero-order valence-electron chi connectivity index (χ0n) is 56.2. The first-order chi connectivity index (χ1) is 40.5. The predicted octanol–water partition coefficient (Wildman–Crippen LogP) is 22.8. The number of carbonyl (C=O) groups is 1. The molecule has 490 valence electrons. The van der Waals surface area contributed by atoms with Crippen LogP contribution >= 0.6 is 7.82 Å². The van der Waals surface area contributed by atoms with E-state index in [4.69, 9.17) is 9.05 Å². The molecule has 0 aromatic rings. The third-order valence-corrected chi connectivity index (χ3v) is 17.7. The number of phosphoric ester groups is 1. The van der Waals surface area contributed by atoms with Gasteiger partial charge in [-0.05, 0) is 70.6 Å². The van der Waals surface area contributed by atoms with Crippen molar-refractivity contribution in [1.82, 2.24) is 5.32 Å². The van der Waals surface area contributed by atoms with Crippen LogP contribution < -0.4 is 10.2 Å². The number of allylic oxidation sites excluding steroid dienone is 7. The molecule has 2 N–H and O–H groups in total. The van der Waals surface area contributed by atoms with Crippen LogP contribution in [0.25, 0.3) is 0 Å². The second-order valence-electron chi connectivity index (χ2n) is 26.3. The van der Waals surface area contributed by atoms with Crippen molar-refractivity contribution in [2.45, 2.75) is 379 Å². The van der Waals surface area contributed by atoms with Crippen LogP contribution in [0.2, 0.25) is 0 Å². The van der Waals surface area contributed by atoms with Crippen LogP contribution in [0.3, 0.4) is 0 Å². The van der Waals surface area contributed by atoms with Crippen LogP contribution in [0, 0.1) is 0 Å². The van der Waals surface area contributed by atoms with Gasteiger partial charge in [-0.3, -0.25) is 9.36 Å². The molecule has 0 radical (unpaired) electrons. The molecule has 0 fully saturated rings. The first kappa shape index (κ1) is 81.5. The lowest BCUT2D eigenvalue weighted by atomic mass is 10.0. The highest BCUT2D eigenvalue weighted by Crippen LogP contribution is 2.38. The van der Waals surface area contributed by atoms with Gasteiger partial charge in [0.15, 0.2) is 0 Å². The number of quaternary nitrogens is 1. The number of aliphatic hydroxyl groups excluding tert-OH is 1. The maximum atomic E-state index is 13.0. The number of hydrogen-bond donors (Lipinski definition) is 2. The van der Waals surface area contributed by atoms with E-state index >= 15 is 0 Å². The molecule has 0 aromatic carbocycles. The third kappa shape index (κ3) is 67.8. The number of aliphatic hydroxyl groups is 1. The van der Waals surface area contributed by atoms with Gasteiger partial charge in [-0.15, -0.1) is 0 Å². The van der Waals surface area contributed by atoms with E-state index in [0.29, 0.717) is 17.4 Å². The minimum Gasteiger partial charge on any atom is -0.756 e. The van der Waals surface area contributed by atoms with Gasteiger partial charge < -0.3 is 28.8 Å². The van der Waals surface area contributed by atoms with Crippen LogP contribution in [0.1, 0.15) is 367 Å². The molecule has 0 heterocycles. The second-order valence-corrected chi connectivity index (χ2v) is 27.7. The Kier molecular flexibility index (Phi) is 63.7. The minimum absolute atomic E-state index is 0.00788. The van der Waals surface area contributed by atoms with E-state index < -0.39 is 26.6 Å². The fourth-order valence-corrected chi connectivity index (χ4v) is 11.8. The van der Waals surface area contributed by atoms with E-state index in [2.05, 4.69) is 55.6 Å². The van der Waals surface area contributed by atoms with Crippen molar-refractivity contribution in [1.29, 1.82) is 0 Å². The Labute approximate surface area is 518 Å². The number of amides is 1. The van der Waals surface area contributed by atoms with Crippen LogP contribution in [-0.4, -0.2) is 68.5 Å². The SMILES string of the molecule is CCCCCCCCCC/C=C\CCCCCCCCCCCCCCCCCCCCCCCCCC(=O)NC(COP(=O)([O-])OCC[N+](C)(C)C)C(O)/C=C/CC/C=C/CC/C=C/CCCCCCCCCCCCCCCCCC. The Hall–Kier alpha value is -1.54. The summed E-state index contributed by atoms with van der Waals surface area (Å²) in [5, 5.41) is 13.9. The number of unbranched alkanes of at least 4 members (excludes halogenated alkanes) is 49. The van der Waals surface area contributed by atoms with Crippen LogP contribution in [0.4, 0.5) is 0 Å². The Balaban J connectivity index is 4.04. The van der Waals surface area contributed by atoms with Crippen molar-refractivity contribution in [2.24, 2.45) is 0 Å². The van der Waals surface area contributed by atoms with Gasteiger partial charge in [0.1, 0.15) is 13.2 Å². The quantitative estimate of drug-likeness (QED) is 0.0272. The van der Waals surface area contributed by atoms with Gasteiger partial charge >= 0.3 is 0 Å². The van der Waals surface area contributed by atoms with E-state index in [0.717, 1.165) is 44.9 Å². The maximum absolute atomic E-state index is 13.0. The zero-order valence-corrected chi connectivity index (χ0v) is 57.1. The fourth-order valence-electron chi connectivity index (χ4n) is 11.1. The lowest BCUT2D eigenvalue weighted by molar-refractivity contribution is -0.870. The number of nitrogens with one attached hydrogen (secondary N) is 1. The van der Waals surface area contributed by atoms with E-state index in [9.17, 15) is 19.4 Å². The largest absolute Gasteiger partial charge is 0.756 e. The minimum atomic E-state index is -4.62. The van der Waals surface area contributed by atoms with Gasteiger partial charge in [-0.1, -0.05) is 339 Å². The van der Waals surface area contributed by atoms with E-state index in [1.807, 2.05) is 27.2 Å².